The quantitative estimate of drug-likeness (QED) is 0.719. The SMILES string of the molecule is Cn1c(=O)cc(C(=O)N[C@H](Cc2ccsc2)c2cccnc2)[nH]c1=O. The Morgan fingerprint density at radius 1 is 1.40 bits per heavy atom. The fourth-order valence-corrected chi connectivity index (χ4v) is 3.07. The molecule has 3 heterocycles. The summed E-state index contributed by atoms with van der Waals surface area (Å²) in [6.45, 7) is 0. The van der Waals surface area contributed by atoms with Gasteiger partial charge in [-0.3, -0.25) is 19.1 Å². The van der Waals surface area contributed by atoms with E-state index in [0.29, 0.717) is 6.42 Å². The van der Waals surface area contributed by atoms with Gasteiger partial charge < -0.3 is 10.3 Å². The van der Waals surface area contributed by atoms with Gasteiger partial charge in [-0.2, -0.15) is 11.3 Å². The second-order valence-electron chi connectivity index (χ2n) is 5.53. The van der Waals surface area contributed by atoms with Crippen LogP contribution in [0.15, 0.2) is 57.0 Å². The fraction of sp³-hybridized carbons (Fsp3) is 0.176. The predicted octanol–water partition coefficient (Wildman–Crippen LogP) is 1.24. The molecule has 0 saturated carbocycles. The second kappa shape index (κ2) is 7.27. The van der Waals surface area contributed by atoms with Gasteiger partial charge in [0.25, 0.3) is 11.5 Å². The zero-order chi connectivity index (χ0) is 17.8. The molecule has 8 heteroatoms. The van der Waals surface area contributed by atoms with Crippen molar-refractivity contribution in [1.82, 2.24) is 19.9 Å². The Morgan fingerprint density at radius 2 is 2.24 bits per heavy atom. The van der Waals surface area contributed by atoms with Crippen LogP contribution in [0.2, 0.25) is 0 Å². The van der Waals surface area contributed by atoms with Crippen molar-refractivity contribution >= 4 is 17.2 Å². The number of nitrogens with zero attached hydrogens (tertiary/aromatic N) is 2. The highest BCUT2D eigenvalue weighted by atomic mass is 32.1. The fourth-order valence-electron chi connectivity index (χ4n) is 2.39. The van der Waals surface area contributed by atoms with Crippen LogP contribution in [0, 0.1) is 0 Å². The molecule has 128 valence electrons. The molecule has 0 aliphatic heterocycles. The van der Waals surface area contributed by atoms with Gasteiger partial charge in [0.1, 0.15) is 5.69 Å². The van der Waals surface area contributed by atoms with Crippen molar-refractivity contribution in [3.63, 3.8) is 0 Å². The maximum Gasteiger partial charge on any atom is 0.328 e. The third-order valence-corrected chi connectivity index (χ3v) is 4.53. The molecule has 3 aromatic heterocycles. The van der Waals surface area contributed by atoms with E-state index in [2.05, 4.69) is 15.3 Å². The highest BCUT2D eigenvalue weighted by Gasteiger charge is 2.18. The van der Waals surface area contributed by atoms with Gasteiger partial charge >= 0.3 is 5.69 Å². The first kappa shape index (κ1) is 16.8. The van der Waals surface area contributed by atoms with Crippen molar-refractivity contribution < 1.29 is 4.79 Å². The molecule has 2 N–H and O–H groups in total. The van der Waals surface area contributed by atoms with Crippen LogP contribution < -0.4 is 16.6 Å². The van der Waals surface area contributed by atoms with E-state index in [1.165, 1.54) is 7.05 Å². The molecule has 0 aliphatic carbocycles. The maximum absolute atomic E-state index is 12.5. The number of pyridine rings is 1. The Hall–Kier alpha value is -3.00. The standard InChI is InChI=1S/C17H16N4O3S/c1-21-15(22)8-14(20-17(21)24)16(23)19-13(7-11-4-6-25-10-11)12-3-2-5-18-9-12/h2-6,8-10,13H,7H2,1H3,(H,19,23)(H,20,24)/t13-/m1/s1. The normalized spacial score (nSPS) is 11.9. The van der Waals surface area contributed by atoms with Crippen LogP contribution in [0.1, 0.15) is 27.7 Å². The third kappa shape index (κ3) is 3.92. The molecule has 1 amide bonds. The molecule has 0 aromatic carbocycles. The summed E-state index contributed by atoms with van der Waals surface area (Å²) in [6, 6.07) is 6.43. The lowest BCUT2D eigenvalue weighted by Gasteiger charge is -2.18. The smallest absolute Gasteiger partial charge is 0.328 e. The number of aromatic nitrogens is 3. The Bertz CT molecular complexity index is 946. The first-order valence-electron chi connectivity index (χ1n) is 7.57. The topological polar surface area (TPSA) is 96.8 Å². The molecule has 3 aromatic rings. The van der Waals surface area contributed by atoms with E-state index in [0.717, 1.165) is 21.8 Å². The van der Waals surface area contributed by atoms with E-state index in [1.807, 2.05) is 22.9 Å². The summed E-state index contributed by atoms with van der Waals surface area (Å²) in [5.41, 5.74) is 0.690. The van der Waals surface area contributed by atoms with Crippen LogP contribution >= 0.6 is 11.3 Å². The number of aromatic amines is 1. The summed E-state index contributed by atoms with van der Waals surface area (Å²) < 4.78 is 0.904. The van der Waals surface area contributed by atoms with Crippen LogP contribution in [0.3, 0.4) is 0 Å². The number of rotatable bonds is 5. The summed E-state index contributed by atoms with van der Waals surface area (Å²) in [6.07, 6.45) is 3.92. The summed E-state index contributed by atoms with van der Waals surface area (Å²) in [7, 11) is 1.35. The molecule has 0 radical (unpaired) electrons. The first-order valence-corrected chi connectivity index (χ1v) is 8.51. The molecule has 0 unspecified atom stereocenters. The van der Waals surface area contributed by atoms with E-state index in [1.54, 1.807) is 29.8 Å². The number of hydrogen-bond donors (Lipinski definition) is 2. The number of amides is 1. The number of carbonyl (C=O) groups is 1. The van der Waals surface area contributed by atoms with Crippen molar-refractivity contribution in [2.75, 3.05) is 0 Å². The van der Waals surface area contributed by atoms with Gasteiger partial charge in [-0.05, 0) is 40.4 Å². The Labute approximate surface area is 147 Å². The number of carbonyl (C=O) groups excluding carboxylic acids is 1. The van der Waals surface area contributed by atoms with Gasteiger partial charge in [0, 0.05) is 25.5 Å². The minimum Gasteiger partial charge on any atom is -0.344 e. The second-order valence-corrected chi connectivity index (χ2v) is 6.31. The van der Waals surface area contributed by atoms with Crippen LogP contribution in [-0.4, -0.2) is 20.4 Å². The van der Waals surface area contributed by atoms with Crippen LogP contribution in [0.25, 0.3) is 0 Å². The summed E-state index contributed by atoms with van der Waals surface area (Å²) >= 11 is 1.58. The molecule has 0 spiro atoms. The average Bonchev–Trinajstić information content (AvgIpc) is 3.12. The molecular formula is C17H16N4O3S. The largest absolute Gasteiger partial charge is 0.344 e. The maximum atomic E-state index is 12.5. The lowest BCUT2D eigenvalue weighted by Crippen LogP contribution is -2.37. The van der Waals surface area contributed by atoms with Gasteiger partial charge in [0.2, 0.25) is 0 Å². The highest BCUT2D eigenvalue weighted by molar-refractivity contribution is 7.07. The van der Waals surface area contributed by atoms with E-state index in [-0.39, 0.29) is 11.7 Å². The molecular weight excluding hydrogens is 340 g/mol. The molecule has 0 fully saturated rings. The highest BCUT2D eigenvalue weighted by Crippen LogP contribution is 2.19. The van der Waals surface area contributed by atoms with Crippen molar-refractivity contribution in [3.8, 4) is 0 Å². The summed E-state index contributed by atoms with van der Waals surface area (Å²) in [5.74, 6) is -0.515. The van der Waals surface area contributed by atoms with Gasteiger partial charge in [0.15, 0.2) is 0 Å². The number of hydrogen-bond acceptors (Lipinski definition) is 5. The predicted molar refractivity (Wildman–Crippen MR) is 94.8 cm³/mol. The van der Waals surface area contributed by atoms with Gasteiger partial charge in [-0.1, -0.05) is 6.07 Å². The first-order chi connectivity index (χ1) is 12.0. The molecule has 0 aliphatic rings. The van der Waals surface area contributed by atoms with Crippen LogP contribution in [-0.2, 0) is 13.5 Å². The molecule has 0 saturated heterocycles. The summed E-state index contributed by atoms with van der Waals surface area (Å²) in [4.78, 5) is 42.5. The average molecular weight is 356 g/mol. The van der Waals surface area contributed by atoms with Crippen molar-refractivity contribution in [3.05, 3.63) is 85.1 Å². The van der Waals surface area contributed by atoms with Crippen LogP contribution in [0.5, 0.6) is 0 Å². The molecule has 0 bridgehead atoms. The Balaban J connectivity index is 1.88. The number of nitrogens with one attached hydrogen (secondary N) is 2. The van der Waals surface area contributed by atoms with E-state index in [4.69, 9.17) is 0 Å². The number of H-pyrrole nitrogens is 1. The molecule has 25 heavy (non-hydrogen) atoms. The van der Waals surface area contributed by atoms with Crippen LogP contribution in [0.4, 0.5) is 0 Å². The summed E-state index contributed by atoms with van der Waals surface area (Å²) in [5, 5.41) is 6.85. The molecule has 7 nitrogen and oxygen atoms in total. The Kier molecular flexibility index (Phi) is 4.90. The Morgan fingerprint density at radius 3 is 2.88 bits per heavy atom. The monoisotopic (exact) mass is 356 g/mol. The van der Waals surface area contributed by atoms with Gasteiger partial charge in [-0.15, -0.1) is 0 Å². The van der Waals surface area contributed by atoms with E-state index in [9.17, 15) is 14.4 Å². The van der Waals surface area contributed by atoms with Gasteiger partial charge in [0.05, 0.1) is 6.04 Å². The van der Waals surface area contributed by atoms with Gasteiger partial charge in [-0.25, -0.2) is 4.79 Å². The number of thiophene rings is 1. The van der Waals surface area contributed by atoms with E-state index >= 15 is 0 Å². The molecule has 3 rings (SSSR count). The van der Waals surface area contributed by atoms with Crippen molar-refractivity contribution in [2.45, 2.75) is 12.5 Å². The third-order valence-electron chi connectivity index (χ3n) is 3.80. The minimum atomic E-state index is -0.631. The van der Waals surface area contributed by atoms with Crippen molar-refractivity contribution in [2.24, 2.45) is 7.05 Å². The minimum absolute atomic E-state index is 0.0627. The zero-order valence-electron chi connectivity index (χ0n) is 13.4. The zero-order valence-corrected chi connectivity index (χ0v) is 14.2. The van der Waals surface area contributed by atoms with E-state index < -0.39 is 17.2 Å². The van der Waals surface area contributed by atoms with Crippen molar-refractivity contribution in [1.29, 1.82) is 0 Å². The molecule has 1 atom stereocenters. The lowest BCUT2D eigenvalue weighted by atomic mass is 10.0. The lowest BCUT2D eigenvalue weighted by molar-refractivity contribution is 0.0930.